The maximum Gasteiger partial charge on any atom is 0.0823 e. The van der Waals surface area contributed by atoms with Crippen molar-refractivity contribution in [1.82, 2.24) is 5.32 Å². The standard InChI is InChI=1S/C7H16N2O/c8-3-1-2-4-10-7-5-9-6-7/h7,9H,1-6,8H2. The van der Waals surface area contributed by atoms with Gasteiger partial charge in [0.05, 0.1) is 6.10 Å². The van der Waals surface area contributed by atoms with Gasteiger partial charge in [0.15, 0.2) is 0 Å². The minimum absolute atomic E-state index is 0.484. The third-order valence-corrected chi connectivity index (χ3v) is 1.70. The van der Waals surface area contributed by atoms with Gasteiger partial charge in [-0.2, -0.15) is 0 Å². The first-order valence-electron chi connectivity index (χ1n) is 3.96. The van der Waals surface area contributed by atoms with Crippen LogP contribution in [0.1, 0.15) is 12.8 Å². The number of nitrogens with one attached hydrogen (secondary N) is 1. The third-order valence-electron chi connectivity index (χ3n) is 1.70. The molecule has 3 heteroatoms. The van der Waals surface area contributed by atoms with Crippen LogP contribution in [-0.4, -0.2) is 32.3 Å². The number of ether oxygens (including phenoxy) is 1. The Morgan fingerprint density at radius 2 is 2.20 bits per heavy atom. The summed E-state index contributed by atoms with van der Waals surface area (Å²) in [5, 5.41) is 3.15. The minimum Gasteiger partial charge on any atom is -0.376 e. The summed E-state index contributed by atoms with van der Waals surface area (Å²) < 4.78 is 5.46. The Bertz CT molecular complexity index is 83.7. The second-order valence-corrected chi connectivity index (χ2v) is 2.65. The van der Waals surface area contributed by atoms with E-state index in [4.69, 9.17) is 10.5 Å². The predicted molar refractivity (Wildman–Crippen MR) is 40.9 cm³/mol. The highest BCUT2D eigenvalue weighted by molar-refractivity contribution is 4.74. The van der Waals surface area contributed by atoms with Crippen molar-refractivity contribution >= 4 is 0 Å². The van der Waals surface area contributed by atoms with Crippen LogP contribution in [0.25, 0.3) is 0 Å². The molecule has 0 aliphatic carbocycles. The molecule has 0 amide bonds. The molecule has 0 radical (unpaired) electrons. The molecule has 10 heavy (non-hydrogen) atoms. The Hall–Kier alpha value is -0.120. The van der Waals surface area contributed by atoms with Crippen molar-refractivity contribution in [3.8, 4) is 0 Å². The van der Waals surface area contributed by atoms with Gasteiger partial charge in [0, 0.05) is 19.7 Å². The quantitative estimate of drug-likeness (QED) is 0.521. The van der Waals surface area contributed by atoms with E-state index in [1.165, 1.54) is 0 Å². The normalized spacial score (nSPS) is 18.9. The Morgan fingerprint density at radius 3 is 2.70 bits per heavy atom. The number of rotatable bonds is 5. The number of unbranched alkanes of at least 4 members (excludes halogenated alkanes) is 1. The van der Waals surface area contributed by atoms with E-state index in [0.717, 1.165) is 39.1 Å². The summed E-state index contributed by atoms with van der Waals surface area (Å²) in [6.45, 7) is 3.72. The van der Waals surface area contributed by atoms with Crippen LogP contribution in [0.15, 0.2) is 0 Å². The summed E-state index contributed by atoms with van der Waals surface area (Å²) >= 11 is 0. The van der Waals surface area contributed by atoms with E-state index in [9.17, 15) is 0 Å². The smallest absolute Gasteiger partial charge is 0.0823 e. The highest BCUT2D eigenvalue weighted by Gasteiger charge is 2.15. The summed E-state index contributed by atoms with van der Waals surface area (Å²) in [4.78, 5) is 0. The zero-order valence-corrected chi connectivity index (χ0v) is 6.31. The average Bonchev–Trinajstić information content (AvgIpc) is 1.84. The molecule has 0 atom stereocenters. The first-order valence-corrected chi connectivity index (χ1v) is 3.96. The molecular formula is C7H16N2O. The van der Waals surface area contributed by atoms with E-state index in [1.807, 2.05) is 0 Å². The molecule has 1 rings (SSSR count). The Labute approximate surface area is 61.9 Å². The zero-order valence-electron chi connectivity index (χ0n) is 6.31. The van der Waals surface area contributed by atoms with Gasteiger partial charge in [-0.25, -0.2) is 0 Å². The van der Waals surface area contributed by atoms with Crippen molar-refractivity contribution in [3.05, 3.63) is 0 Å². The molecule has 3 nitrogen and oxygen atoms in total. The Morgan fingerprint density at radius 1 is 1.40 bits per heavy atom. The van der Waals surface area contributed by atoms with Gasteiger partial charge in [-0.3, -0.25) is 0 Å². The Kier molecular flexibility index (Phi) is 3.72. The van der Waals surface area contributed by atoms with Crippen molar-refractivity contribution in [3.63, 3.8) is 0 Å². The SMILES string of the molecule is NCCCCOC1CNC1. The van der Waals surface area contributed by atoms with Crippen LogP contribution < -0.4 is 11.1 Å². The van der Waals surface area contributed by atoms with Crippen LogP contribution in [0.5, 0.6) is 0 Å². The maximum absolute atomic E-state index is 5.46. The molecule has 0 unspecified atom stereocenters. The second kappa shape index (κ2) is 4.66. The van der Waals surface area contributed by atoms with E-state index >= 15 is 0 Å². The van der Waals surface area contributed by atoms with Gasteiger partial charge in [-0.1, -0.05) is 0 Å². The van der Waals surface area contributed by atoms with Crippen molar-refractivity contribution in [2.75, 3.05) is 26.2 Å². The van der Waals surface area contributed by atoms with Crippen molar-refractivity contribution in [2.45, 2.75) is 18.9 Å². The first-order chi connectivity index (χ1) is 4.93. The van der Waals surface area contributed by atoms with Crippen LogP contribution in [0.2, 0.25) is 0 Å². The summed E-state index contributed by atoms with van der Waals surface area (Å²) in [6, 6.07) is 0. The van der Waals surface area contributed by atoms with Gasteiger partial charge >= 0.3 is 0 Å². The lowest BCUT2D eigenvalue weighted by Crippen LogP contribution is -2.48. The molecule has 0 aromatic heterocycles. The fourth-order valence-electron chi connectivity index (χ4n) is 0.876. The molecule has 1 aliphatic rings. The van der Waals surface area contributed by atoms with E-state index in [-0.39, 0.29) is 0 Å². The molecule has 0 bridgehead atoms. The molecule has 0 aromatic carbocycles. The van der Waals surface area contributed by atoms with E-state index in [1.54, 1.807) is 0 Å². The number of hydrogen-bond acceptors (Lipinski definition) is 3. The molecule has 0 saturated carbocycles. The van der Waals surface area contributed by atoms with Crippen molar-refractivity contribution in [1.29, 1.82) is 0 Å². The molecule has 0 aromatic rings. The highest BCUT2D eigenvalue weighted by atomic mass is 16.5. The van der Waals surface area contributed by atoms with Gasteiger partial charge in [-0.15, -0.1) is 0 Å². The van der Waals surface area contributed by atoms with Gasteiger partial charge in [0.25, 0.3) is 0 Å². The second-order valence-electron chi connectivity index (χ2n) is 2.65. The van der Waals surface area contributed by atoms with Gasteiger partial charge < -0.3 is 15.8 Å². The highest BCUT2D eigenvalue weighted by Crippen LogP contribution is 1.99. The number of hydrogen-bond donors (Lipinski definition) is 2. The summed E-state index contributed by atoms with van der Waals surface area (Å²) in [7, 11) is 0. The summed E-state index contributed by atoms with van der Waals surface area (Å²) in [5.74, 6) is 0. The lowest BCUT2D eigenvalue weighted by molar-refractivity contribution is 0.0173. The fourth-order valence-corrected chi connectivity index (χ4v) is 0.876. The van der Waals surface area contributed by atoms with Crippen LogP contribution in [-0.2, 0) is 4.74 Å². The first kappa shape index (κ1) is 7.98. The zero-order chi connectivity index (χ0) is 7.23. The van der Waals surface area contributed by atoms with Gasteiger partial charge in [0.2, 0.25) is 0 Å². The molecule has 60 valence electrons. The molecular weight excluding hydrogens is 128 g/mol. The monoisotopic (exact) mass is 144 g/mol. The van der Waals surface area contributed by atoms with Crippen molar-refractivity contribution in [2.24, 2.45) is 5.73 Å². The lowest BCUT2D eigenvalue weighted by Gasteiger charge is -2.26. The van der Waals surface area contributed by atoms with E-state index < -0.39 is 0 Å². The van der Waals surface area contributed by atoms with Crippen molar-refractivity contribution < 1.29 is 4.74 Å². The molecule has 3 N–H and O–H groups in total. The lowest BCUT2D eigenvalue weighted by atomic mass is 10.2. The van der Waals surface area contributed by atoms with E-state index in [0.29, 0.717) is 6.10 Å². The molecule has 1 aliphatic heterocycles. The predicted octanol–water partition coefficient (Wildman–Crippen LogP) is -0.286. The minimum atomic E-state index is 0.484. The molecule has 1 fully saturated rings. The van der Waals surface area contributed by atoms with Gasteiger partial charge in [0.1, 0.15) is 0 Å². The summed E-state index contributed by atoms with van der Waals surface area (Å²) in [6.07, 6.45) is 2.67. The molecule has 1 saturated heterocycles. The maximum atomic E-state index is 5.46. The van der Waals surface area contributed by atoms with Gasteiger partial charge in [-0.05, 0) is 19.4 Å². The molecule has 1 heterocycles. The van der Waals surface area contributed by atoms with Crippen LogP contribution in [0, 0.1) is 0 Å². The summed E-state index contributed by atoms with van der Waals surface area (Å²) in [5.41, 5.74) is 5.32. The number of nitrogens with two attached hydrogens (primary N) is 1. The van der Waals surface area contributed by atoms with Crippen LogP contribution >= 0.6 is 0 Å². The molecule has 0 spiro atoms. The van der Waals surface area contributed by atoms with Crippen LogP contribution in [0.3, 0.4) is 0 Å². The third kappa shape index (κ3) is 2.64. The van der Waals surface area contributed by atoms with Crippen LogP contribution in [0.4, 0.5) is 0 Å². The Balaban J connectivity index is 1.76. The largest absolute Gasteiger partial charge is 0.376 e. The fraction of sp³-hybridized carbons (Fsp3) is 1.00. The average molecular weight is 144 g/mol. The van der Waals surface area contributed by atoms with E-state index in [2.05, 4.69) is 5.32 Å². The topological polar surface area (TPSA) is 47.3 Å².